The zero-order valence-corrected chi connectivity index (χ0v) is 18.0. The summed E-state index contributed by atoms with van der Waals surface area (Å²) in [6.07, 6.45) is -0.0749. The number of aromatic hydroxyl groups is 1. The molecule has 0 aliphatic heterocycles. The number of ketones is 2. The SMILES string of the molecule is CC(=O)c1ccc(O)c2c1CC1CC3C(N(C)C)C(O)=C(C(N)=O)CC3(O)C(=O)C1=C2O. The topological polar surface area (TPSA) is 161 Å². The summed E-state index contributed by atoms with van der Waals surface area (Å²) in [5.74, 6) is -4.32. The van der Waals surface area contributed by atoms with Gasteiger partial charge in [0.2, 0.25) is 5.91 Å². The lowest BCUT2D eigenvalue weighted by molar-refractivity contribution is -0.151. The molecular formula is C23H26N2O7. The number of fused-ring (bicyclic) bond motifs is 3. The van der Waals surface area contributed by atoms with Gasteiger partial charge in [-0.25, -0.2) is 0 Å². The van der Waals surface area contributed by atoms with E-state index < -0.39 is 47.3 Å². The molecule has 9 heteroatoms. The molecular weight excluding hydrogens is 416 g/mol. The van der Waals surface area contributed by atoms with Gasteiger partial charge in [0, 0.05) is 23.5 Å². The van der Waals surface area contributed by atoms with Crippen LogP contribution in [0.5, 0.6) is 5.75 Å². The summed E-state index contributed by atoms with van der Waals surface area (Å²) in [4.78, 5) is 39.3. The molecule has 170 valence electrons. The standard InChI is InChI=1S/C23H26N2O7/c1-9(26)11-4-5-15(27)17-12(11)6-10-7-14-18(25(2)3)19(28)13(22(24)31)8-23(14,32)21(30)16(10)20(17)29/h4-5,10,14,18,27-29,32H,6-8H2,1-3H3,(H2,24,31). The molecule has 32 heavy (non-hydrogen) atoms. The van der Waals surface area contributed by atoms with Crippen LogP contribution in [0.4, 0.5) is 0 Å². The van der Waals surface area contributed by atoms with Crippen molar-refractivity contribution in [3.05, 3.63) is 45.7 Å². The highest BCUT2D eigenvalue weighted by atomic mass is 16.3. The molecule has 0 radical (unpaired) electrons. The van der Waals surface area contributed by atoms with Gasteiger partial charge in [-0.15, -0.1) is 0 Å². The van der Waals surface area contributed by atoms with Crippen molar-refractivity contribution in [1.29, 1.82) is 0 Å². The number of hydrogen-bond donors (Lipinski definition) is 5. The van der Waals surface area contributed by atoms with Crippen LogP contribution in [0.15, 0.2) is 29.0 Å². The molecule has 1 amide bonds. The molecule has 0 spiro atoms. The summed E-state index contributed by atoms with van der Waals surface area (Å²) in [5, 5.41) is 43.7. The minimum absolute atomic E-state index is 0.00725. The molecule has 0 saturated heterocycles. The van der Waals surface area contributed by atoms with Gasteiger partial charge >= 0.3 is 0 Å². The fourth-order valence-corrected chi connectivity index (χ4v) is 5.66. The van der Waals surface area contributed by atoms with Crippen molar-refractivity contribution >= 4 is 23.2 Å². The highest BCUT2D eigenvalue weighted by molar-refractivity contribution is 6.11. The van der Waals surface area contributed by atoms with Gasteiger partial charge in [-0.3, -0.25) is 19.3 Å². The average Bonchev–Trinajstić information content (AvgIpc) is 2.68. The van der Waals surface area contributed by atoms with Gasteiger partial charge in [-0.1, -0.05) is 0 Å². The minimum Gasteiger partial charge on any atom is -0.510 e. The van der Waals surface area contributed by atoms with Crippen LogP contribution < -0.4 is 5.73 Å². The number of Topliss-reactive ketones (excluding diaryl/α,β-unsaturated/α-hetero) is 2. The smallest absolute Gasteiger partial charge is 0.248 e. The van der Waals surface area contributed by atoms with Crippen molar-refractivity contribution in [2.24, 2.45) is 17.6 Å². The second-order valence-corrected chi connectivity index (χ2v) is 9.11. The van der Waals surface area contributed by atoms with Crippen molar-refractivity contribution in [3.8, 4) is 5.75 Å². The number of hydrogen-bond acceptors (Lipinski definition) is 8. The molecule has 4 rings (SSSR count). The van der Waals surface area contributed by atoms with Crippen LogP contribution in [0.3, 0.4) is 0 Å². The first-order valence-electron chi connectivity index (χ1n) is 10.3. The van der Waals surface area contributed by atoms with Gasteiger partial charge < -0.3 is 26.2 Å². The van der Waals surface area contributed by atoms with E-state index in [1.807, 2.05) is 0 Å². The molecule has 4 atom stereocenters. The first kappa shape index (κ1) is 22.0. The van der Waals surface area contributed by atoms with Crippen LogP contribution in [-0.4, -0.2) is 68.5 Å². The van der Waals surface area contributed by atoms with E-state index in [2.05, 4.69) is 0 Å². The van der Waals surface area contributed by atoms with E-state index in [0.717, 1.165) is 0 Å². The third kappa shape index (κ3) is 2.88. The average molecular weight is 442 g/mol. The zero-order chi connectivity index (χ0) is 23.7. The zero-order valence-electron chi connectivity index (χ0n) is 18.0. The number of nitrogens with two attached hydrogens (primary N) is 1. The van der Waals surface area contributed by atoms with E-state index in [1.54, 1.807) is 19.0 Å². The molecule has 1 aromatic rings. The lowest BCUT2D eigenvalue weighted by Crippen LogP contribution is -2.62. The van der Waals surface area contributed by atoms with Crippen LogP contribution in [-0.2, 0) is 16.0 Å². The number of primary amides is 1. The monoisotopic (exact) mass is 442 g/mol. The second-order valence-electron chi connectivity index (χ2n) is 9.11. The number of aliphatic hydroxyl groups excluding tert-OH is 2. The van der Waals surface area contributed by atoms with Crippen LogP contribution in [0.1, 0.15) is 41.3 Å². The lowest BCUT2D eigenvalue weighted by atomic mass is 9.57. The van der Waals surface area contributed by atoms with Crippen molar-refractivity contribution in [2.75, 3.05) is 14.1 Å². The summed E-state index contributed by atoms with van der Waals surface area (Å²) in [6, 6.07) is 1.92. The molecule has 0 heterocycles. The molecule has 3 aliphatic carbocycles. The Morgan fingerprint density at radius 2 is 1.84 bits per heavy atom. The Kier molecular flexibility index (Phi) is 4.94. The molecule has 1 saturated carbocycles. The Bertz CT molecular complexity index is 1130. The molecule has 3 aliphatic rings. The van der Waals surface area contributed by atoms with Crippen LogP contribution in [0.25, 0.3) is 5.76 Å². The third-order valence-corrected chi connectivity index (χ3v) is 7.08. The summed E-state index contributed by atoms with van der Waals surface area (Å²) in [6.45, 7) is 1.38. The Morgan fingerprint density at radius 3 is 2.41 bits per heavy atom. The van der Waals surface area contributed by atoms with E-state index in [4.69, 9.17) is 5.73 Å². The Morgan fingerprint density at radius 1 is 1.19 bits per heavy atom. The van der Waals surface area contributed by atoms with E-state index in [9.17, 15) is 34.8 Å². The molecule has 4 unspecified atom stereocenters. The van der Waals surface area contributed by atoms with Crippen LogP contribution in [0, 0.1) is 11.8 Å². The molecule has 9 nitrogen and oxygen atoms in total. The van der Waals surface area contributed by atoms with Gasteiger partial charge in [0.1, 0.15) is 22.9 Å². The molecule has 1 aromatic carbocycles. The maximum absolute atomic E-state index is 13.6. The Labute approximate surface area is 184 Å². The number of carbonyl (C=O) groups excluding carboxylic acids is 3. The maximum atomic E-state index is 13.6. The van der Waals surface area contributed by atoms with Crippen molar-refractivity contribution in [1.82, 2.24) is 4.90 Å². The number of carbonyl (C=O) groups is 3. The van der Waals surface area contributed by atoms with Gasteiger partial charge in [-0.2, -0.15) is 0 Å². The number of likely N-dealkylation sites (N-methyl/N-ethyl adjacent to an activating group) is 1. The first-order chi connectivity index (χ1) is 14.9. The normalized spacial score (nSPS) is 29.5. The molecule has 1 fully saturated rings. The van der Waals surface area contributed by atoms with Gasteiger partial charge in [0.15, 0.2) is 11.6 Å². The minimum atomic E-state index is -2.07. The van der Waals surface area contributed by atoms with Crippen molar-refractivity contribution < 1.29 is 34.8 Å². The highest BCUT2D eigenvalue weighted by Gasteiger charge is 2.60. The predicted octanol–water partition coefficient (Wildman–Crippen LogP) is 0.988. The molecule has 0 bridgehead atoms. The molecule has 6 N–H and O–H groups in total. The second kappa shape index (κ2) is 7.18. The largest absolute Gasteiger partial charge is 0.510 e. The van der Waals surface area contributed by atoms with Crippen molar-refractivity contribution in [3.63, 3.8) is 0 Å². The Balaban J connectivity index is 1.93. The fourth-order valence-electron chi connectivity index (χ4n) is 5.66. The first-order valence-corrected chi connectivity index (χ1v) is 10.3. The van der Waals surface area contributed by atoms with E-state index in [1.165, 1.54) is 19.1 Å². The fraction of sp³-hybridized carbons (Fsp3) is 0.435. The lowest BCUT2D eigenvalue weighted by Gasteiger charge is -2.51. The summed E-state index contributed by atoms with van der Waals surface area (Å²) >= 11 is 0. The number of rotatable bonds is 3. The quantitative estimate of drug-likeness (QED) is 0.433. The summed E-state index contributed by atoms with van der Waals surface area (Å²) in [5.41, 5.74) is 3.85. The van der Waals surface area contributed by atoms with Crippen LogP contribution in [0.2, 0.25) is 0 Å². The maximum Gasteiger partial charge on any atom is 0.248 e. The van der Waals surface area contributed by atoms with E-state index in [-0.39, 0.29) is 46.8 Å². The summed E-state index contributed by atoms with van der Waals surface area (Å²) in [7, 11) is 3.31. The van der Waals surface area contributed by atoms with Crippen LogP contribution >= 0.6 is 0 Å². The predicted molar refractivity (Wildman–Crippen MR) is 114 cm³/mol. The van der Waals surface area contributed by atoms with Gasteiger partial charge in [-0.05, 0) is 57.5 Å². The number of amides is 1. The third-order valence-electron chi connectivity index (χ3n) is 7.08. The summed E-state index contributed by atoms with van der Waals surface area (Å²) < 4.78 is 0. The van der Waals surface area contributed by atoms with Crippen molar-refractivity contribution in [2.45, 2.75) is 37.8 Å². The highest BCUT2D eigenvalue weighted by Crippen LogP contribution is 2.53. The number of phenolic OH excluding ortho intramolecular Hbond substituents is 1. The number of aliphatic hydroxyl groups is 3. The van der Waals surface area contributed by atoms with Gasteiger partial charge in [0.05, 0.1) is 17.2 Å². The van der Waals surface area contributed by atoms with E-state index in [0.29, 0.717) is 11.1 Å². The van der Waals surface area contributed by atoms with E-state index >= 15 is 0 Å². The number of phenols is 1. The number of nitrogens with zero attached hydrogens (tertiary/aromatic N) is 1. The van der Waals surface area contributed by atoms with Gasteiger partial charge in [0.25, 0.3) is 0 Å². The number of benzene rings is 1. The Hall–Kier alpha value is -3.17. The molecule has 0 aromatic heterocycles.